The molecule has 0 spiro atoms. The number of hydrogen-bond acceptors (Lipinski definition) is 3. The van der Waals surface area contributed by atoms with E-state index in [0.29, 0.717) is 11.1 Å². The van der Waals surface area contributed by atoms with Crippen LogP contribution in [0.5, 0.6) is 0 Å². The van der Waals surface area contributed by atoms with Crippen LogP contribution in [0.2, 0.25) is 0 Å². The van der Waals surface area contributed by atoms with Gasteiger partial charge in [-0.2, -0.15) is 13.2 Å². The van der Waals surface area contributed by atoms with Crippen molar-refractivity contribution >= 4 is 11.8 Å². The molecule has 0 saturated heterocycles. The molecule has 0 aliphatic rings. The van der Waals surface area contributed by atoms with Crippen molar-refractivity contribution < 1.29 is 17.6 Å². The maximum atomic E-state index is 12.7. The van der Waals surface area contributed by atoms with Crippen molar-refractivity contribution in [1.29, 1.82) is 0 Å². The first kappa shape index (κ1) is 12.8. The largest absolute Gasteiger partial charge is 0.420 e. The van der Waals surface area contributed by atoms with E-state index in [1.807, 2.05) is 0 Å². The van der Waals surface area contributed by atoms with E-state index in [1.54, 1.807) is 0 Å². The predicted octanol–water partition coefficient (Wildman–Crippen LogP) is 3.59. The number of alkyl halides is 3. The highest BCUT2D eigenvalue weighted by Crippen LogP contribution is 2.37. The number of nitrogens with zero attached hydrogens (tertiary/aromatic N) is 2. The fourth-order valence-corrected chi connectivity index (χ4v) is 2.03. The van der Waals surface area contributed by atoms with E-state index in [-0.39, 0.29) is 5.03 Å². The summed E-state index contributed by atoms with van der Waals surface area (Å²) in [5, 5.41) is -0.260. The highest BCUT2D eigenvalue weighted by atomic mass is 32.2. The number of hydrogen-bond donors (Lipinski definition) is 0. The monoisotopic (exact) mass is 273 g/mol. The molecule has 1 heterocycles. The van der Waals surface area contributed by atoms with Gasteiger partial charge < -0.3 is 0 Å². The molecule has 0 bridgehead atoms. The van der Waals surface area contributed by atoms with Crippen LogP contribution in [-0.2, 0) is 6.18 Å². The van der Waals surface area contributed by atoms with Gasteiger partial charge in [-0.05, 0) is 24.3 Å². The fraction of sp³-hybridized carbons (Fsp3) is 0.0909. The van der Waals surface area contributed by atoms with Crippen LogP contribution < -0.4 is 0 Å². The van der Waals surface area contributed by atoms with Crippen LogP contribution in [0.1, 0.15) is 5.56 Å². The molecule has 0 N–H and O–H groups in total. The molecule has 0 saturated carbocycles. The molecule has 18 heavy (non-hydrogen) atoms. The summed E-state index contributed by atoms with van der Waals surface area (Å²) >= 11 is 0.781. The lowest BCUT2D eigenvalue weighted by Gasteiger charge is -2.09. The van der Waals surface area contributed by atoms with Gasteiger partial charge in [-0.25, -0.2) is 14.4 Å². The van der Waals surface area contributed by atoms with Gasteiger partial charge in [0.15, 0.2) is 6.33 Å². The topological polar surface area (TPSA) is 25.8 Å². The van der Waals surface area contributed by atoms with E-state index in [9.17, 15) is 17.6 Å². The summed E-state index contributed by atoms with van der Waals surface area (Å²) in [7, 11) is 0. The van der Waals surface area contributed by atoms with E-state index < -0.39 is 17.6 Å². The van der Waals surface area contributed by atoms with Crippen molar-refractivity contribution in [3.63, 3.8) is 0 Å². The third kappa shape index (κ3) is 2.98. The normalized spacial score (nSPS) is 11.6. The zero-order chi connectivity index (χ0) is 13.2. The van der Waals surface area contributed by atoms with Gasteiger partial charge in [0, 0.05) is 11.1 Å². The summed E-state index contributed by atoms with van der Waals surface area (Å²) in [6.07, 6.45) is -1.75. The Balaban J connectivity index is 2.32. The molecule has 1 aromatic carbocycles. The second-order valence-corrected chi connectivity index (χ2v) is 4.30. The zero-order valence-electron chi connectivity index (χ0n) is 8.70. The van der Waals surface area contributed by atoms with E-state index in [0.717, 1.165) is 11.8 Å². The lowest BCUT2D eigenvalue weighted by molar-refractivity contribution is -0.140. The molecule has 0 fully saturated rings. The predicted molar refractivity (Wildman–Crippen MR) is 56.4 cm³/mol. The minimum atomic E-state index is -4.53. The maximum Gasteiger partial charge on any atom is 0.420 e. The van der Waals surface area contributed by atoms with Crippen molar-refractivity contribution in [1.82, 2.24) is 9.97 Å². The number of benzene rings is 1. The second-order valence-electron chi connectivity index (χ2n) is 3.24. The summed E-state index contributed by atoms with van der Waals surface area (Å²) < 4.78 is 50.6. The first-order chi connectivity index (χ1) is 8.47. The smallest absolute Gasteiger partial charge is 0.233 e. The van der Waals surface area contributed by atoms with Crippen LogP contribution in [-0.4, -0.2) is 9.97 Å². The summed E-state index contributed by atoms with van der Waals surface area (Å²) in [6.45, 7) is 0. The second kappa shape index (κ2) is 4.93. The van der Waals surface area contributed by atoms with Crippen LogP contribution in [0.15, 0.2) is 40.4 Å². The third-order valence-corrected chi connectivity index (χ3v) is 2.98. The summed E-state index contributed by atoms with van der Waals surface area (Å²) in [5.74, 6) is -0.454. The van der Waals surface area contributed by atoms with Crippen LogP contribution >= 0.6 is 11.8 Å². The molecule has 0 aliphatic heterocycles. The molecule has 1 aromatic heterocycles. The quantitative estimate of drug-likeness (QED) is 0.617. The van der Waals surface area contributed by atoms with Gasteiger partial charge in [-0.15, -0.1) is 0 Å². The molecular formula is C11H5F4N2S. The minimum Gasteiger partial charge on any atom is -0.233 e. The SMILES string of the molecule is Fc1ccc(Sc2n[c]ncc2C(F)(F)F)cc1. The molecular weight excluding hydrogens is 268 g/mol. The van der Waals surface area contributed by atoms with Crippen molar-refractivity contribution in [2.45, 2.75) is 16.1 Å². The summed E-state index contributed by atoms with van der Waals surface area (Å²) in [6, 6.07) is 5.09. The Labute approximate surface area is 104 Å². The van der Waals surface area contributed by atoms with Crippen LogP contribution in [0.4, 0.5) is 17.6 Å². The van der Waals surface area contributed by atoms with E-state index in [1.165, 1.54) is 24.3 Å². The van der Waals surface area contributed by atoms with Gasteiger partial charge in [0.25, 0.3) is 0 Å². The Morgan fingerprint density at radius 3 is 2.39 bits per heavy atom. The fourth-order valence-electron chi connectivity index (χ4n) is 1.17. The molecule has 0 unspecified atom stereocenters. The lowest BCUT2D eigenvalue weighted by atomic mass is 10.3. The van der Waals surface area contributed by atoms with Crippen LogP contribution in [0, 0.1) is 12.1 Å². The molecule has 7 heteroatoms. The molecule has 2 rings (SSSR count). The highest BCUT2D eigenvalue weighted by Gasteiger charge is 2.34. The third-order valence-electron chi connectivity index (χ3n) is 1.97. The lowest BCUT2D eigenvalue weighted by Crippen LogP contribution is -2.08. The molecule has 2 nitrogen and oxygen atoms in total. The number of halogens is 4. The maximum absolute atomic E-state index is 12.7. The molecule has 0 aliphatic carbocycles. The number of rotatable bonds is 2. The van der Waals surface area contributed by atoms with Crippen molar-refractivity contribution in [2.75, 3.05) is 0 Å². The van der Waals surface area contributed by atoms with E-state index >= 15 is 0 Å². The average Bonchev–Trinajstić information content (AvgIpc) is 2.31. The average molecular weight is 273 g/mol. The first-order valence-corrected chi connectivity index (χ1v) is 5.52. The molecule has 1 radical (unpaired) electrons. The van der Waals surface area contributed by atoms with Gasteiger partial charge >= 0.3 is 6.18 Å². The molecule has 0 amide bonds. The summed E-state index contributed by atoms with van der Waals surface area (Å²) in [4.78, 5) is 7.17. The van der Waals surface area contributed by atoms with E-state index in [2.05, 4.69) is 16.3 Å². The van der Waals surface area contributed by atoms with Crippen molar-refractivity contribution in [3.05, 3.63) is 48.2 Å². The van der Waals surface area contributed by atoms with Gasteiger partial charge in [-0.3, -0.25) is 0 Å². The van der Waals surface area contributed by atoms with E-state index in [4.69, 9.17) is 0 Å². The molecule has 0 atom stereocenters. The standard InChI is InChI=1S/C11H5F4N2S/c12-7-1-3-8(4-2-7)18-10-9(11(13,14)15)5-16-6-17-10/h1-5H. The Kier molecular flexibility index (Phi) is 3.51. The Morgan fingerprint density at radius 1 is 1.11 bits per heavy atom. The van der Waals surface area contributed by atoms with Gasteiger partial charge in [-0.1, -0.05) is 11.8 Å². The van der Waals surface area contributed by atoms with Gasteiger partial charge in [0.05, 0.1) is 0 Å². The Bertz CT molecular complexity index is 539. The van der Waals surface area contributed by atoms with Crippen molar-refractivity contribution in [2.24, 2.45) is 0 Å². The van der Waals surface area contributed by atoms with Crippen molar-refractivity contribution in [3.8, 4) is 0 Å². The van der Waals surface area contributed by atoms with Crippen LogP contribution in [0.25, 0.3) is 0 Å². The number of aromatic nitrogens is 2. The first-order valence-electron chi connectivity index (χ1n) is 4.70. The van der Waals surface area contributed by atoms with Gasteiger partial charge in [0.1, 0.15) is 16.4 Å². The Hall–Kier alpha value is -1.63. The van der Waals surface area contributed by atoms with Crippen LogP contribution in [0.3, 0.4) is 0 Å². The zero-order valence-corrected chi connectivity index (χ0v) is 9.52. The van der Waals surface area contributed by atoms with Gasteiger partial charge in [0.2, 0.25) is 0 Å². The highest BCUT2D eigenvalue weighted by molar-refractivity contribution is 7.99. The minimum absolute atomic E-state index is 0.260. The Morgan fingerprint density at radius 2 is 1.78 bits per heavy atom. The molecule has 93 valence electrons. The summed E-state index contributed by atoms with van der Waals surface area (Å²) in [5.41, 5.74) is -0.935. The molecule has 2 aromatic rings.